The lowest BCUT2D eigenvalue weighted by molar-refractivity contribution is 0.196. The Morgan fingerprint density at radius 3 is 2.83 bits per heavy atom. The number of nitrogens with two attached hydrogens (primary N) is 1. The van der Waals surface area contributed by atoms with Crippen molar-refractivity contribution in [1.29, 1.82) is 0 Å². The van der Waals surface area contributed by atoms with Gasteiger partial charge in [0.25, 0.3) is 0 Å². The average molecular weight is 316 g/mol. The molecule has 2 rings (SSSR count). The van der Waals surface area contributed by atoms with Crippen LogP contribution >= 0.6 is 0 Å². The number of aryl methyl sites for hydroxylation is 2. The Morgan fingerprint density at radius 2 is 2.13 bits per heavy atom. The monoisotopic (exact) mass is 316 g/mol. The van der Waals surface area contributed by atoms with Gasteiger partial charge in [-0.3, -0.25) is 5.10 Å². The minimum absolute atomic E-state index is 0.0319. The molecule has 1 aromatic heterocycles. The van der Waals surface area contributed by atoms with Gasteiger partial charge in [-0.25, -0.2) is 4.79 Å². The predicted molar refractivity (Wildman–Crippen MR) is 90.4 cm³/mol. The number of anilines is 1. The molecule has 1 unspecified atom stereocenters. The summed E-state index contributed by atoms with van der Waals surface area (Å²) >= 11 is 0. The highest BCUT2D eigenvalue weighted by Crippen LogP contribution is 2.23. The molecule has 0 bridgehead atoms. The number of carbonyl (C=O) groups excluding carboxylic acids is 1. The molecule has 2 aromatic rings. The maximum absolute atomic E-state index is 11.9. The molecular formula is C17H24N4O2. The highest BCUT2D eigenvalue weighted by molar-refractivity contribution is 5.73. The van der Waals surface area contributed by atoms with E-state index in [2.05, 4.69) is 27.6 Å². The summed E-state index contributed by atoms with van der Waals surface area (Å²) in [6.07, 6.45) is 3.04. The zero-order chi connectivity index (χ0) is 16.7. The number of nitrogens with one attached hydrogen (secondary N) is 2. The predicted octanol–water partition coefficient (Wildman–Crippen LogP) is 3.05. The molecule has 0 aliphatic rings. The van der Waals surface area contributed by atoms with Crippen molar-refractivity contribution < 1.29 is 9.53 Å². The smallest absolute Gasteiger partial charge is 0.404 e. The molecule has 124 valence electrons. The molecule has 1 heterocycles. The van der Waals surface area contributed by atoms with E-state index < -0.39 is 6.09 Å². The van der Waals surface area contributed by atoms with Gasteiger partial charge in [0, 0.05) is 6.04 Å². The van der Waals surface area contributed by atoms with Gasteiger partial charge in [0.1, 0.15) is 0 Å². The van der Waals surface area contributed by atoms with E-state index in [9.17, 15) is 4.79 Å². The molecule has 4 N–H and O–H groups in total. The summed E-state index contributed by atoms with van der Waals surface area (Å²) in [6.45, 7) is 3.90. The molecule has 23 heavy (non-hydrogen) atoms. The molecule has 0 saturated heterocycles. The van der Waals surface area contributed by atoms with Crippen molar-refractivity contribution in [3.8, 4) is 5.75 Å². The topological polar surface area (TPSA) is 93.0 Å². The largest absolute Gasteiger partial charge is 0.413 e. The number of aromatic nitrogens is 2. The number of rotatable bonds is 7. The van der Waals surface area contributed by atoms with E-state index in [0.717, 1.165) is 25.0 Å². The first-order valence-electron chi connectivity index (χ1n) is 7.95. The fraction of sp³-hybridized carbons (Fsp3) is 0.412. The first kappa shape index (κ1) is 16.9. The number of hydrogen-bond acceptors (Lipinski definition) is 4. The third-order valence-corrected chi connectivity index (χ3v) is 3.68. The zero-order valence-electron chi connectivity index (χ0n) is 13.6. The van der Waals surface area contributed by atoms with Crippen molar-refractivity contribution in [2.24, 2.45) is 0 Å². The number of amides is 1. The standard InChI is InChI=1S/C17H24N4O2/c1-3-14-15(16(18)21-20-14)23-17(22)19-12(2)8-7-11-13-9-5-4-6-10-13/h4-6,9-10,12H,3,7-8,11H2,1-2H3,(H,19,22)(H3,18,20,21). The number of hydrogen-bond donors (Lipinski definition) is 3. The van der Waals surface area contributed by atoms with Crippen LogP contribution in [0, 0.1) is 0 Å². The van der Waals surface area contributed by atoms with Crippen LogP contribution in [0.4, 0.5) is 10.6 Å². The Kier molecular flexibility index (Phi) is 6.02. The lowest BCUT2D eigenvalue weighted by Crippen LogP contribution is -2.35. The lowest BCUT2D eigenvalue weighted by Gasteiger charge is -2.14. The SMILES string of the molecule is CCc1[nH]nc(N)c1OC(=O)NC(C)CCCc1ccccc1. The summed E-state index contributed by atoms with van der Waals surface area (Å²) in [5, 5.41) is 9.43. The minimum atomic E-state index is -0.500. The average Bonchev–Trinajstić information content (AvgIpc) is 2.88. The van der Waals surface area contributed by atoms with Crippen molar-refractivity contribution in [2.45, 2.75) is 45.6 Å². The van der Waals surface area contributed by atoms with Gasteiger partial charge in [-0.2, -0.15) is 5.10 Å². The van der Waals surface area contributed by atoms with Crippen molar-refractivity contribution >= 4 is 11.9 Å². The quantitative estimate of drug-likeness (QED) is 0.732. The molecule has 0 aliphatic heterocycles. The molecule has 1 aromatic carbocycles. The van der Waals surface area contributed by atoms with E-state index in [1.54, 1.807) is 0 Å². The molecule has 6 nitrogen and oxygen atoms in total. The van der Waals surface area contributed by atoms with Crippen LogP contribution in [0.15, 0.2) is 30.3 Å². The number of aromatic amines is 1. The normalized spacial score (nSPS) is 11.9. The number of nitrogen functional groups attached to an aromatic ring is 1. The molecule has 1 atom stereocenters. The van der Waals surface area contributed by atoms with E-state index in [4.69, 9.17) is 10.5 Å². The highest BCUT2D eigenvalue weighted by atomic mass is 16.6. The second-order valence-electron chi connectivity index (χ2n) is 5.58. The summed E-state index contributed by atoms with van der Waals surface area (Å²) in [7, 11) is 0. The van der Waals surface area contributed by atoms with E-state index in [1.807, 2.05) is 32.0 Å². The van der Waals surface area contributed by atoms with Crippen LogP contribution in [-0.2, 0) is 12.8 Å². The molecule has 0 radical (unpaired) electrons. The number of ether oxygens (including phenoxy) is 1. The highest BCUT2D eigenvalue weighted by Gasteiger charge is 2.16. The minimum Gasteiger partial charge on any atom is -0.404 e. The zero-order valence-corrected chi connectivity index (χ0v) is 13.6. The number of carbonyl (C=O) groups is 1. The van der Waals surface area contributed by atoms with Gasteiger partial charge in [0.2, 0.25) is 0 Å². The van der Waals surface area contributed by atoms with Gasteiger partial charge in [-0.15, -0.1) is 0 Å². The van der Waals surface area contributed by atoms with Gasteiger partial charge >= 0.3 is 6.09 Å². The molecule has 6 heteroatoms. The number of nitrogens with zero attached hydrogens (tertiary/aromatic N) is 1. The first-order valence-corrected chi connectivity index (χ1v) is 7.95. The van der Waals surface area contributed by atoms with Crippen molar-refractivity contribution in [3.63, 3.8) is 0 Å². The second kappa shape index (κ2) is 8.22. The lowest BCUT2D eigenvalue weighted by atomic mass is 10.1. The summed E-state index contributed by atoms with van der Waals surface area (Å²) in [4.78, 5) is 11.9. The maximum atomic E-state index is 11.9. The molecule has 0 saturated carbocycles. The summed E-state index contributed by atoms with van der Waals surface area (Å²) in [5.41, 5.74) is 7.72. The Balaban J connectivity index is 1.75. The molecule has 0 spiro atoms. The van der Waals surface area contributed by atoms with Crippen LogP contribution in [-0.4, -0.2) is 22.3 Å². The van der Waals surface area contributed by atoms with Crippen molar-refractivity contribution in [3.05, 3.63) is 41.6 Å². The van der Waals surface area contributed by atoms with Gasteiger partial charge < -0.3 is 15.8 Å². The van der Waals surface area contributed by atoms with Crippen LogP contribution in [0.25, 0.3) is 0 Å². The van der Waals surface area contributed by atoms with Crippen LogP contribution in [0.1, 0.15) is 37.9 Å². The van der Waals surface area contributed by atoms with Crippen molar-refractivity contribution in [1.82, 2.24) is 15.5 Å². The van der Waals surface area contributed by atoms with Crippen LogP contribution in [0.3, 0.4) is 0 Å². The van der Waals surface area contributed by atoms with Crippen LogP contribution < -0.4 is 15.8 Å². The maximum Gasteiger partial charge on any atom is 0.413 e. The van der Waals surface area contributed by atoms with Crippen molar-refractivity contribution in [2.75, 3.05) is 5.73 Å². The number of H-pyrrole nitrogens is 1. The Hall–Kier alpha value is -2.50. The van der Waals surface area contributed by atoms with E-state index in [-0.39, 0.29) is 11.9 Å². The van der Waals surface area contributed by atoms with Gasteiger partial charge in [0.05, 0.1) is 5.69 Å². The number of benzene rings is 1. The van der Waals surface area contributed by atoms with Gasteiger partial charge in [-0.1, -0.05) is 37.3 Å². The van der Waals surface area contributed by atoms with Crippen LogP contribution in [0.2, 0.25) is 0 Å². The van der Waals surface area contributed by atoms with E-state index in [1.165, 1.54) is 5.56 Å². The summed E-state index contributed by atoms with van der Waals surface area (Å²) in [5.74, 6) is 0.523. The summed E-state index contributed by atoms with van der Waals surface area (Å²) < 4.78 is 5.27. The molecule has 1 amide bonds. The summed E-state index contributed by atoms with van der Waals surface area (Å²) in [6, 6.07) is 10.3. The van der Waals surface area contributed by atoms with Gasteiger partial charge in [-0.05, 0) is 38.2 Å². The Labute approximate surface area is 136 Å². The Morgan fingerprint density at radius 1 is 1.39 bits per heavy atom. The Bertz CT molecular complexity index is 625. The van der Waals surface area contributed by atoms with E-state index >= 15 is 0 Å². The van der Waals surface area contributed by atoms with Gasteiger partial charge in [0.15, 0.2) is 11.6 Å². The molecular weight excluding hydrogens is 292 g/mol. The fourth-order valence-electron chi connectivity index (χ4n) is 2.39. The second-order valence-corrected chi connectivity index (χ2v) is 5.58. The molecule has 0 aliphatic carbocycles. The first-order chi connectivity index (χ1) is 11.1. The fourth-order valence-corrected chi connectivity index (χ4v) is 2.39. The van der Waals surface area contributed by atoms with E-state index in [0.29, 0.717) is 12.2 Å². The third-order valence-electron chi connectivity index (χ3n) is 3.68. The third kappa shape index (κ3) is 5.02. The van der Waals surface area contributed by atoms with Crippen LogP contribution in [0.5, 0.6) is 5.75 Å². The molecule has 0 fully saturated rings.